The number of aromatic nitrogens is 2. The maximum absolute atomic E-state index is 13.5. The smallest absolute Gasteiger partial charge is 0.255 e. The molecule has 5 nitrogen and oxygen atoms in total. The number of pyridine rings is 2. The zero-order valence-electron chi connectivity index (χ0n) is 17.2. The van der Waals surface area contributed by atoms with Crippen LogP contribution in [0.4, 0.5) is 0 Å². The molecular weight excluding hydrogens is 374 g/mol. The minimum Gasteiger partial charge on any atom is -0.468 e. The first-order valence-electron chi connectivity index (χ1n) is 10.5. The van der Waals surface area contributed by atoms with E-state index in [2.05, 4.69) is 28.1 Å². The molecule has 4 aromatic rings. The van der Waals surface area contributed by atoms with Crippen LogP contribution in [0.25, 0.3) is 10.9 Å². The summed E-state index contributed by atoms with van der Waals surface area (Å²) in [6.07, 6.45) is 6.87. The third-order valence-electron chi connectivity index (χ3n) is 5.87. The topological polar surface area (TPSA) is 51.3 Å². The fraction of sp³-hybridized carbons (Fsp3) is 0.280. The van der Waals surface area contributed by atoms with E-state index in [1.165, 1.54) is 17.5 Å². The molecule has 0 atom stereocenters. The Morgan fingerprint density at radius 3 is 2.70 bits per heavy atom. The average Bonchev–Trinajstić information content (AvgIpc) is 3.42. The lowest BCUT2D eigenvalue weighted by atomic mass is 10.0. The molecule has 0 saturated heterocycles. The van der Waals surface area contributed by atoms with E-state index in [1.807, 2.05) is 41.9 Å². The molecule has 0 fully saturated rings. The zero-order valence-corrected chi connectivity index (χ0v) is 17.2. The van der Waals surface area contributed by atoms with Gasteiger partial charge in [0.1, 0.15) is 5.76 Å². The van der Waals surface area contributed by atoms with Crippen molar-refractivity contribution >= 4 is 10.9 Å². The minimum absolute atomic E-state index is 0.0531. The van der Waals surface area contributed by atoms with Gasteiger partial charge in [0.25, 0.3) is 5.56 Å². The number of benzene rings is 1. The summed E-state index contributed by atoms with van der Waals surface area (Å²) in [7, 11) is 2.01. The summed E-state index contributed by atoms with van der Waals surface area (Å²) in [6.45, 7) is 1.70. The summed E-state index contributed by atoms with van der Waals surface area (Å²) in [5.74, 6) is 0.893. The predicted octanol–water partition coefficient (Wildman–Crippen LogP) is 4.16. The van der Waals surface area contributed by atoms with Crippen LogP contribution in [0.3, 0.4) is 0 Å². The van der Waals surface area contributed by atoms with Crippen LogP contribution in [0.1, 0.15) is 34.6 Å². The first-order chi connectivity index (χ1) is 14.7. The van der Waals surface area contributed by atoms with Gasteiger partial charge in [-0.25, -0.2) is 0 Å². The van der Waals surface area contributed by atoms with Gasteiger partial charge in [-0.05, 0) is 85.3 Å². The van der Waals surface area contributed by atoms with Gasteiger partial charge >= 0.3 is 0 Å². The number of nitrogens with zero attached hydrogens (tertiary/aromatic N) is 3. The molecule has 0 bridgehead atoms. The van der Waals surface area contributed by atoms with Crippen LogP contribution in [-0.4, -0.2) is 21.5 Å². The molecule has 0 N–H and O–H groups in total. The van der Waals surface area contributed by atoms with Crippen molar-refractivity contribution in [3.05, 3.63) is 99.5 Å². The molecule has 0 saturated carbocycles. The second kappa shape index (κ2) is 7.92. The molecule has 0 radical (unpaired) electrons. The van der Waals surface area contributed by atoms with Crippen LogP contribution >= 0.6 is 0 Å². The van der Waals surface area contributed by atoms with Crippen LogP contribution < -0.4 is 5.56 Å². The largest absolute Gasteiger partial charge is 0.468 e. The van der Waals surface area contributed by atoms with E-state index in [1.54, 1.807) is 12.5 Å². The van der Waals surface area contributed by atoms with E-state index in [0.29, 0.717) is 19.6 Å². The second-order valence-corrected chi connectivity index (χ2v) is 8.17. The highest BCUT2D eigenvalue weighted by Gasteiger charge is 2.17. The summed E-state index contributed by atoms with van der Waals surface area (Å²) in [6, 6.07) is 16.3. The monoisotopic (exact) mass is 399 g/mol. The lowest BCUT2D eigenvalue weighted by Crippen LogP contribution is -2.29. The van der Waals surface area contributed by atoms with E-state index in [4.69, 9.17) is 4.42 Å². The van der Waals surface area contributed by atoms with Crippen LogP contribution in [0.15, 0.2) is 70.2 Å². The van der Waals surface area contributed by atoms with Crippen molar-refractivity contribution in [2.75, 3.05) is 7.05 Å². The SMILES string of the molecule is CN(Cc1ccco1)Cc1cc2cc3c(cc2n(Cc2ccccn2)c1=O)CCC3. The van der Waals surface area contributed by atoms with Crippen molar-refractivity contribution in [3.8, 4) is 0 Å². The molecular formula is C25H25N3O2. The van der Waals surface area contributed by atoms with Crippen LogP contribution in [0, 0.1) is 0 Å². The van der Waals surface area contributed by atoms with Crippen molar-refractivity contribution in [3.63, 3.8) is 0 Å². The lowest BCUT2D eigenvalue weighted by Gasteiger charge is -2.18. The van der Waals surface area contributed by atoms with Gasteiger partial charge in [-0.15, -0.1) is 0 Å². The normalized spacial score (nSPS) is 13.3. The Hall–Kier alpha value is -3.18. The third-order valence-corrected chi connectivity index (χ3v) is 5.87. The average molecular weight is 399 g/mol. The van der Waals surface area contributed by atoms with Crippen molar-refractivity contribution in [1.82, 2.24) is 14.5 Å². The Kier molecular flexibility index (Phi) is 4.97. The van der Waals surface area contributed by atoms with Gasteiger partial charge in [-0.1, -0.05) is 6.07 Å². The van der Waals surface area contributed by atoms with Gasteiger partial charge in [-0.3, -0.25) is 14.7 Å². The van der Waals surface area contributed by atoms with Crippen LogP contribution in [0.2, 0.25) is 0 Å². The molecule has 1 aliphatic rings. The number of hydrogen-bond donors (Lipinski definition) is 0. The standard InChI is InChI=1S/C25H25N3O2/c1-27(17-23-9-5-11-30-23)15-21-13-20-12-18-6-4-7-19(18)14-24(20)28(25(21)29)16-22-8-2-3-10-26-22/h2-3,5,8-14H,4,6-7,15-17H2,1H3. The fourth-order valence-electron chi connectivity index (χ4n) is 4.45. The van der Waals surface area contributed by atoms with Crippen molar-refractivity contribution in [2.24, 2.45) is 0 Å². The molecule has 0 aliphatic heterocycles. The highest BCUT2D eigenvalue weighted by Crippen LogP contribution is 2.27. The van der Waals surface area contributed by atoms with E-state index in [9.17, 15) is 4.79 Å². The summed E-state index contributed by atoms with van der Waals surface area (Å²) < 4.78 is 7.36. The maximum atomic E-state index is 13.5. The highest BCUT2D eigenvalue weighted by molar-refractivity contribution is 5.82. The first kappa shape index (κ1) is 18.8. The summed E-state index contributed by atoms with van der Waals surface area (Å²) >= 11 is 0. The van der Waals surface area contributed by atoms with E-state index in [-0.39, 0.29) is 5.56 Å². The van der Waals surface area contributed by atoms with Crippen LogP contribution in [0.5, 0.6) is 0 Å². The van der Waals surface area contributed by atoms with E-state index < -0.39 is 0 Å². The molecule has 1 aliphatic carbocycles. The van der Waals surface area contributed by atoms with Gasteiger partial charge < -0.3 is 8.98 Å². The Bertz CT molecular complexity index is 1230. The Morgan fingerprint density at radius 2 is 1.93 bits per heavy atom. The molecule has 30 heavy (non-hydrogen) atoms. The molecule has 5 rings (SSSR count). The Labute approximate surface area is 175 Å². The number of rotatable bonds is 6. The Morgan fingerprint density at radius 1 is 1.07 bits per heavy atom. The molecule has 0 spiro atoms. The summed E-state index contributed by atoms with van der Waals surface area (Å²) in [4.78, 5) is 20.1. The summed E-state index contributed by atoms with van der Waals surface area (Å²) in [5.41, 5.74) is 5.54. The van der Waals surface area contributed by atoms with E-state index in [0.717, 1.165) is 40.8 Å². The first-order valence-corrected chi connectivity index (χ1v) is 10.5. The molecule has 3 heterocycles. The van der Waals surface area contributed by atoms with Crippen molar-refractivity contribution in [2.45, 2.75) is 38.9 Å². The maximum Gasteiger partial charge on any atom is 0.255 e. The van der Waals surface area contributed by atoms with Gasteiger partial charge in [0, 0.05) is 18.3 Å². The van der Waals surface area contributed by atoms with E-state index >= 15 is 0 Å². The number of fused-ring (bicyclic) bond motifs is 2. The molecule has 1 aromatic carbocycles. The molecule has 5 heteroatoms. The molecule has 0 amide bonds. The summed E-state index contributed by atoms with van der Waals surface area (Å²) in [5, 5.41) is 1.13. The van der Waals surface area contributed by atoms with Crippen LogP contribution in [-0.2, 0) is 32.5 Å². The fourth-order valence-corrected chi connectivity index (χ4v) is 4.45. The molecule has 0 unspecified atom stereocenters. The van der Waals surface area contributed by atoms with Gasteiger partial charge in [0.2, 0.25) is 0 Å². The van der Waals surface area contributed by atoms with Gasteiger partial charge in [0.05, 0.1) is 30.6 Å². The van der Waals surface area contributed by atoms with Gasteiger partial charge in [-0.2, -0.15) is 0 Å². The third kappa shape index (κ3) is 3.68. The Balaban J connectivity index is 1.57. The minimum atomic E-state index is 0.0531. The highest BCUT2D eigenvalue weighted by atomic mass is 16.3. The van der Waals surface area contributed by atoms with Crippen molar-refractivity contribution in [1.29, 1.82) is 0 Å². The number of hydrogen-bond acceptors (Lipinski definition) is 4. The second-order valence-electron chi connectivity index (χ2n) is 8.17. The number of furan rings is 1. The molecule has 3 aromatic heterocycles. The lowest BCUT2D eigenvalue weighted by molar-refractivity contribution is 0.286. The number of aryl methyl sites for hydroxylation is 2. The zero-order chi connectivity index (χ0) is 20.5. The van der Waals surface area contributed by atoms with Crippen molar-refractivity contribution < 1.29 is 4.42 Å². The van der Waals surface area contributed by atoms with Gasteiger partial charge in [0.15, 0.2) is 0 Å². The quantitative estimate of drug-likeness (QED) is 0.489. The predicted molar refractivity (Wildman–Crippen MR) is 117 cm³/mol. The molecule has 152 valence electrons.